The molecule has 23 heavy (non-hydrogen) atoms. The van der Waals surface area contributed by atoms with Crippen LogP contribution in [0.1, 0.15) is 18.1 Å². The molecule has 0 aliphatic heterocycles. The fraction of sp³-hybridized carbons (Fsp3) is 0.176. The van der Waals surface area contributed by atoms with Crippen LogP contribution in [0, 0.1) is 6.92 Å². The first-order chi connectivity index (χ1) is 11.0. The van der Waals surface area contributed by atoms with Crippen molar-refractivity contribution in [3.05, 3.63) is 63.1 Å². The summed E-state index contributed by atoms with van der Waals surface area (Å²) >= 11 is 9.29. The monoisotopic (exact) mass is 393 g/mol. The van der Waals surface area contributed by atoms with Gasteiger partial charge in [-0.3, -0.25) is 4.79 Å². The SMILES string of the molecule is C/C(=N\NC(=O)CNc1ccc(Cl)cc1C)c1ccc(Br)cc1. The van der Waals surface area contributed by atoms with E-state index in [1.807, 2.05) is 50.2 Å². The third-order valence-electron chi connectivity index (χ3n) is 3.24. The van der Waals surface area contributed by atoms with E-state index in [0.717, 1.165) is 27.0 Å². The normalized spacial score (nSPS) is 11.2. The largest absolute Gasteiger partial charge is 0.376 e. The topological polar surface area (TPSA) is 53.5 Å². The molecule has 2 rings (SSSR count). The molecule has 0 bridgehead atoms. The summed E-state index contributed by atoms with van der Waals surface area (Å²) in [6.45, 7) is 3.92. The van der Waals surface area contributed by atoms with Crippen LogP contribution in [0.2, 0.25) is 5.02 Å². The van der Waals surface area contributed by atoms with Gasteiger partial charge in [-0.2, -0.15) is 5.10 Å². The molecule has 0 aromatic heterocycles. The van der Waals surface area contributed by atoms with Crippen molar-refractivity contribution in [2.75, 3.05) is 11.9 Å². The second-order valence-electron chi connectivity index (χ2n) is 5.05. The number of hydrazone groups is 1. The Hall–Kier alpha value is -1.85. The number of carbonyl (C=O) groups is 1. The number of carbonyl (C=O) groups excluding carboxylic acids is 1. The molecule has 120 valence electrons. The van der Waals surface area contributed by atoms with Gasteiger partial charge in [0.25, 0.3) is 5.91 Å². The summed E-state index contributed by atoms with van der Waals surface area (Å²) < 4.78 is 1.00. The number of rotatable bonds is 5. The van der Waals surface area contributed by atoms with Gasteiger partial charge in [-0.1, -0.05) is 39.7 Å². The zero-order valence-corrected chi connectivity index (χ0v) is 15.2. The van der Waals surface area contributed by atoms with Gasteiger partial charge in [0, 0.05) is 15.2 Å². The van der Waals surface area contributed by atoms with Crippen molar-refractivity contribution < 1.29 is 4.79 Å². The molecule has 0 saturated carbocycles. The molecule has 1 amide bonds. The maximum Gasteiger partial charge on any atom is 0.259 e. The predicted octanol–water partition coefficient (Wildman–Crippen LogP) is 4.36. The summed E-state index contributed by atoms with van der Waals surface area (Å²) in [4.78, 5) is 11.9. The quantitative estimate of drug-likeness (QED) is 0.584. The van der Waals surface area contributed by atoms with Crippen molar-refractivity contribution in [2.45, 2.75) is 13.8 Å². The summed E-state index contributed by atoms with van der Waals surface area (Å²) in [6, 6.07) is 13.2. The average Bonchev–Trinajstić information content (AvgIpc) is 2.52. The van der Waals surface area contributed by atoms with Gasteiger partial charge < -0.3 is 5.32 Å². The summed E-state index contributed by atoms with van der Waals surface area (Å²) in [6.07, 6.45) is 0. The summed E-state index contributed by atoms with van der Waals surface area (Å²) in [7, 11) is 0. The molecule has 6 heteroatoms. The zero-order chi connectivity index (χ0) is 16.8. The van der Waals surface area contributed by atoms with Crippen LogP contribution >= 0.6 is 27.5 Å². The Bertz CT molecular complexity index is 729. The van der Waals surface area contributed by atoms with Gasteiger partial charge in [-0.05, 0) is 55.3 Å². The van der Waals surface area contributed by atoms with Crippen molar-refractivity contribution in [1.82, 2.24) is 5.43 Å². The summed E-state index contributed by atoms with van der Waals surface area (Å²) in [5.74, 6) is -0.212. The highest BCUT2D eigenvalue weighted by molar-refractivity contribution is 9.10. The lowest BCUT2D eigenvalue weighted by Gasteiger charge is -2.09. The number of hydrogen-bond donors (Lipinski definition) is 2. The molecular weight excluding hydrogens is 378 g/mol. The Labute approximate surface area is 149 Å². The van der Waals surface area contributed by atoms with E-state index >= 15 is 0 Å². The highest BCUT2D eigenvalue weighted by Gasteiger charge is 2.04. The zero-order valence-electron chi connectivity index (χ0n) is 12.9. The van der Waals surface area contributed by atoms with E-state index in [1.165, 1.54) is 0 Å². The third-order valence-corrected chi connectivity index (χ3v) is 4.00. The number of benzene rings is 2. The highest BCUT2D eigenvalue weighted by Crippen LogP contribution is 2.19. The van der Waals surface area contributed by atoms with E-state index < -0.39 is 0 Å². The lowest BCUT2D eigenvalue weighted by Crippen LogP contribution is -2.27. The van der Waals surface area contributed by atoms with Crippen molar-refractivity contribution in [2.24, 2.45) is 5.10 Å². The maximum atomic E-state index is 11.9. The summed E-state index contributed by atoms with van der Waals surface area (Å²) in [5, 5.41) is 7.85. The van der Waals surface area contributed by atoms with Crippen LogP contribution in [-0.4, -0.2) is 18.2 Å². The molecule has 0 aliphatic rings. The molecule has 0 aliphatic carbocycles. The van der Waals surface area contributed by atoms with E-state index in [1.54, 1.807) is 6.07 Å². The van der Waals surface area contributed by atoms with Gasteiger partial charge in [0.15, 0.2) is 0 Å². The van der Waals surface area contributed by atoms with Crippen LogP contribution in [0.5, 0.6) is 0 Å². The lowest BCUT2D eigenvalue weighted by atomic mass is 10.1. The smallest absolute Gasteiger partial charge is 0.259 e. The Kier molecular flexibility index (Phi) is 6.19. The maximum absolute atomic E-state index is 11.9. The van der Waals surface area contributed by atoms with E-state index in [2.05, 4.69) is 31.8 Å². The number of nitrogens with one attached hydrogen (secondary N) is 2. The van der Waals surface area contributed by atoms with Gasteiger partial charge in [0.2, 0.25) is 0 Å². The van der Waals surface area contributed by atoms with E-state index in [4.69, 9.17) is 11.6 Å². The van der Waals surface area contributed by atoms with Gasteiger partial charge in [-0.25, -0.2) is 5.43 Å². The number of anilines is 1. The highest BCUT2D eigenvalue weighted by atomic mass is 79.9. The molecule has 0 spiro atoms. The molecule has 0 radical (unpaired) electrons. The van der Waals surface area contributed by atoms with Gasteiger partial charge >= 0.3 is 0 Å². The number of nitrogens with zero attached hydrogens (tertiary/aromatic N) is 1. The standard InChI is InChI=1S/C17H17BrClN3O/c1-11-9-15(19)7-8-16(11)20-10-17(23)22-21-12(2)13-3-5-14(18)6-4-13/h3-9,20H,10H2,1-2H3,(H,22,23)/b21-12+. The van der Waals surface area contributed by atoms with E-state index in [0.29, 0.717) is 5.02 Å². The van der Waals surface area contributed by atoms with Crippen molar-refractivity contribution >= 4 is 44.8 Å². The molecule has 0 fully saturated rings. The summed E-state index contributed by atoms with van der Waals surface area (Å²) in [5.41, 5.74) is 6.10. The Morgan fingerprint density at radius 2 is 1.91 bits per heavy atom. The minimum atomic E-state index is -0.212. The molecule has 2 N–H and O–H groups in total. The Morgan fingerprint density at radius 1 is 1.22 bits per heavy atom. The number of aryl methyl sites for hydroxylation is 1. The molecule has 0 heterocycles. The van der Waals surface area contributed by atoms with Gasteiger partial charge in [-0.15, -0.1) is 0 Å². The lowest BCUT2D eigenvalue weighted by molar-refractivity contribution is -0.119. The van der Waals surface area contributed by atoms with Crippen LogP contribution in [0.25, 0.3) is 0 Å². The van der Waals surface area contributed by atoms with Crippen LogP contribution in [-0.2, 0) is 4.79 Å². The molecular formula is C17H17BrClN3O. The van der Waals surface area contributed by atoms with Gasteiger partial charge in [0.1, 0.15) is 0 Å². The first kappa shape index (κ1) is 17.5. The van der Waals surface area contributed by atoms with Crippen LogP contribution in [0.4, 0.5) is 5.69 Å². The molecule has 0 atom stereocenters. The fourth-order valence-corrected chi connectivity index (χ4v) is 2.43. The third kappa shape index (κ3) is 5.37. The second kappa shape index (κ2) is 8.13. The fourth-order valence-electron chi connectivity index (χ4n) is 1.94. The molecule has 4 nitrogen and oxygen atoms in total. The number of halogens is 2. The minimum Gasteiger partial charge on any atom is -0.376 e. The first-order valence-electron chi connectivity index (χ1n) is 7.05. The van der Waals surface area contributed by atoms with Crippen molar-refractivity contribution in [3.8, 4) is 0 Å². The molecule has 0 saturated heterocycles. The first-order valence-corrected chi connectivity index (χ1v) is 8.22. The van der Waals surface area contributed by atoms with Crippen LogP contribution in [0.3, 0.4) is 0 Å². The average molecular weight is 395 g/mol. The van der Waals surface area contributed by atoms with Crippen LogP contribution < -0.4 is 10.7 Å². The van der Waals surface area contributed by atoms with E-state index in [-0.39, 0.29) is 12.5 Å². The van der Waals surface area contributed by atoms with Gasteiger partial charge in [0.05, 0.1) is 12.3 Å². The van der Waals surface area contributed by atoms with Crippen molar-refractivity contribution in [1.29, 1.82) is 0 Å². The molecule has 2 aromatic rings. The number of hydrogen-bond acceptors (Lipinski definition) is 3. The predicted molar refractivity (Wildman–Crippen MR) is 99.2 cm³/mol. The molecule has 2 aromatic carbocycles. The Morgan fingerprint density at radius 3 is 2.57 bits per heavy atom. The van der Waals surface area contributed by atoms with E-state index in [9.17, 15) is 4.79 Å². The van der Waals surface area contributed by atoms with Crippen molar-refractivity contribution in [3.63, 3.8) is 0 Å². The number of amides is 1. The van der Waals surface area contributed by atoms with Crippen LogP contribution in [0.15, 0.2) is 52.0 Å². The molecule has 0 unspecified atom stereocenters. The second-order valence-corrected chi connectivity index (χ2v) is 6.40. The Balaban J connectivity index is 1.89. The minimum absolute atomic E-state index is 0.138.